The van der Waals surface area contributed by atoms with Crippen LogP contribution in [-0.2, 0) is 16.1 Å². The van der Waals surface area contributed by atoms with Gasteiger partial charge in [-0.25, -0.2) is 4.79 Å². The van der Waals surface area contributed by atoms with Gasteiger partial charge in [-0.1, -0.05) is 31.2 Å². The summed E-state index contributed by atoms with van der Waals surface area (Å²) >= 11 is 1.57. The molecule has 8 heteroatoms. The summed E-state index contributed by atoms with van der Waals surface area (Å²) in [5, 5.41) is 23.5. The fourth-order valence-corrected chi connectivity index (χ4v) is 6.32. The molecule has 2 fully saturated rings. The number of carboxylic acids is 1. The number of carboxylic acid groups (broad SMARTS) is 1. The van der Waals surface area contributed by atoms with E-state index in [1.54, 1.807) is 18.7 Å². The number of hydrogen-bond acceptors (Lipinski definition) is 6. The van der Waals surface area contributed by atoms with Crippen molar-refractivity contribution in [3.63, 3.8) is 0 Å². The highest BCUT2D eigenvalue weighted by atomic mass is 32.2. The van der Waals surface area contributed by atoms with Gasteiger partial charge in [0.25, 0.3) is 0 Å². The van der Waals surface area contributed by atoms with Crippen LogP contribution < -0.4 is 11.1 Å². The molecule has 29 heavy (non-hydrogen) atoms. The number of aliphatic hydroxyl groups is 1. The lowest BCUT2D eigenvalue weighted by molar-refractivity contribution is -0.163. The van der Waals surface area contributed by atoms with Crippen molar-refractivity contribution in [1.82, 2.24) is 10.2 Å². The molecule has 1 aromatic rings. The molecule has 156 valence electrons. The molecule has 0 radical (unpaired) electrons. The Kier molecular flexibility index (Phi) is 5.46. The van der Waals surface area contributed by atoms with Crippen LogP contribution in [0.4, 0.5) is 0 Å². The van der Waals surface area contributed by atoms with Gasteiger partial charge < -0.3 is 26.2 Å². The fraction of sp³-hybridized carbons (Fsp3) is 0.524. The zero-order chi connectivity index (χ0) is 20.9. The third-order valence-electron chi connectivity index (χ3n) is 6.28. The lowest BCUT2D eigenvalue weighted by Gasteiger charge is -2.46. The molecule has 3 aliphatic heterocycles. The van der Waals surface area contributed by atoms with Crippen LogP contribution in [0.3, 0.4) is 0 Å². The molecule has 4 rings (SSSR count). The van der Waals surface area contributed by atoms with Crippen LogP contribution in [0.25, 0.3) is 0 Å². The van der Waals surface area contributed by atoms with Crippen LogP contribution in [0, 0.1) is 11.8 Å². The van der Waals surface area contributed by atoms with Crippen molar-refractivity contribution in [1.29, 1.82) is 0 Å². The van der Waals surface area contributed by atoms with Crippen LogP contribution in [0.15, 0.2) is 34.9 Å². The first-order chi connectivity index (χ1) is 13.8. The minimum Gasteiger partial charge on any atom is -0.477 e. The number of carbonyl (C=O) groups excluding carboxylic acids is 1. The van der Waals surface area contributed by atoms with Crippen molar-refractivity contribution in [3.8, 4) is 0 Å². The topological polar surface area (TPSA) is 116 Å². The first-order valence-corrected chi connectivity index (χ1v) is 10.9. The van der Waals surface area contributed by atoms with E-state index in [0.717, 1.165) is 23.4 Å². The minimum absolute atomic E-state index is 0.0944. The Labute approximate surface area is 174 Å². The van der Waals surface area contributed by atoms with Crippen LogP contribution in [-0.4, -0.2) is 50.9 Å². The van der Waals surface area contributed by atoms with E-state index >= 15 is 0 Å². The van der Waals surface area contributed by atoms with Crippen LogP contribution >= 0.6 is 11.8 Å². The quantitative estimate of drug-likeness (QED) is 0.518. The van der Waals surface area contributed by atoms with Crippen molar-refractivity contribution >= 4 is 23.6 Å². The molecular formula is C21H27N3O4S. The first-order valence-electron chi connectivity index (χ1n) is 10.0. The molecule has 7 nitrogen and oxygen atoms in total. The zero-order valence-corrected chi connectivity index (χ0v) is 17.4. The molecule has 6 atom stereocenters. The van der Waals surface area contributed by atoms with E-state index in [-0.39, 0.29) is 34.9 Å². The van der Waals surface area contributed by atoms with Crippen LogP contribution in [0.1, 0.15) is 37.4 Å². The van der Waals surface area contributed by atoms with Crippen molar-refractivity contribution in [2.45, 2.75) is 50.3 Å². The molecule has 0 spiro atoms. The summed E-state index contributed by atoms with van der Waals surface area (Å²) in [4.78, 5) is 26.5. The lowest BCUT2D eigenvalue weighted by atomic mass is 9.79. The largest absolute Gasteiger partial charge is 0.477 e. The number of nitrogens with two attached hydrogens (primary N) is 1. The Hall–Kier alpha value is -1.87. The second-order valence-electron chi connectivity index (χ2n) is 8.16. The van der Waals surface area contributed by atoms with Gasteiger partial charge in [0.1, 0.15) is 5.70 Å². The molecular weight excluding hydrogens is 390 g/mol. The van der Waals surface area contributed by atoms with Crippen molar-refractivity contribution in [2.75, 3.05) is 6.54 Å². The van der Waals surface area contributed by atoms with Crippen LogP contribution in [0.5, 0.6) is 0 Å². The summed E-state index contributed by atoms with van der Waals surface area (Å²) in [5.74, 6) is -1.97. The van der Waals surface area contributed by atoms with Crippen LogP contribution in [0.2, 0.25) is 0 Å². The lowest BCUT2D eigenvalue weighted by Crippen LogP contribution is -2.63. The summed E-state index contributed by atoms with van der Waals surface area (Å²) in [5.41, 5.74) is 8.13. The second kappa shape index (κ2) is 7.75. The number of rotatable bonds is 6. The smallest absolute Gasteiger partial charge is 0.353 e. The number of amides is 1. The molecule has 5 N–H and O–H groups in total. The van der Waals surface area contributed by atoms with E-state index in [0.29, 0.717) is 6.54 Å². The molecule has 0 saturated carbocycles. The molecule has 0 aliphatic carbocycles. The number of nitrogens with zero attached hydrogens (tertiary/aromatic N) is 1. The maximum absolute atomic E-state index is 12.5. The van der Waals surface area contributed by atoms with Gasteiger partial charge in [0.2, 0.25) is 5.91 Å². The SMILES string of the molecule is C[C@@H](O)[C@H]1C(=O)N2C(C(=O)O)=C(S[C@@H]3CN[C@@H](c4cccc(CN)c4)C3)[C@H](C)[C@H]12. The Morgan fingerprint density at radius 3 is 2.86 bits per heavy atom. The van der Waals surface area contributed by atoms with Gasteiger partial charge in [-0.2, -0.15) is 0 Å². The Balaban J connectivity index is 1.52. The second-order valence-corrected chi connectivity index (χ2v) is 9.50. The van der Waals surface area contributed by atoms with E-state index in [1.807, 2.05) is 19.1 Å². The monoisotopic (exact) mass is 417 g/mol. The summed E-state index contributed by atoms with van der Waals surface area (Å²) in [6.45, 7) is 4.83. The van der Waals surface area contributed by atoms with Crippen molar-refractivity contribution in [2.24, 2.45) is 17.6 Å². The van der Waals surface area contributed by atoms with Gasteiger partial charge in [-0.3, -0.25) is 4.79 Å². The maximum Gasteiger partial charge on any atom is 0.353 e. The fourth-order valence-electron chi connectivity index (χ4n) is 4.84. The van der Waals surface area contributed by atoms with Gasteiger partial charge in [0, 0.05) is 35.2 Å². The van der Waals surface area contributed by atoms with E-state index in [4.69, 9.17) is 5.73 Å². The molecule has 0 unspecified atom stereocenters. The molecule has 1 aromatic carbocycles. The van der Waals surface area contributed by atoms with Gasteiger partial charge in [0.15, 0.2) is 0 Å². The normalized spacial score (nSPS) is 32.3. The number of β-lactam (4-membered cyclic amide) rings is 1. The highest BCUT2D eigenvalue weighted by molar-refractivity contribution is 8.03. The number of aliphatic hydroxyl groups excluding tert-OH is 1. The predicted molar refractivity (Wildman–Crippen MR) is 111 cm³/mol. The number of fused-ring (bicyclic) bond motifs is 1. The highest BCUT2D eigenvalue weighted by Crippen LogP contribution is 2.52. The van der Waals surface area contributed by atoms with E-state index < -0.39 is 18.0 Å². The summed E-state index contributed by atoms with van der Waals surface area (Å²) in [6.07, 6.45) is 0.0956. The summed E-state index contributed by atoms with van der Waals surface area (Å²) in [7, 11) is 0. The Morgan fingerprint density at radius 2 is 2.21 bits per heavy atom. The first kappa shape index (κ1) is 20.4. The molecule has 3 heterocycles. The average Bonchev–Trinajstić information content (AvgIpc) is 3.24. The van der Waals surface area contributed by atoms with E-state index in [9.17, 15) is 19.8 Å². The molecule has 2 saturated heterocycles. The number of aliphatic carboxylic acids is 1. The van der Waals surface area contributed by atoms with Gasteiger partial charge >= 0.3 is 5.97 Å². The summed E-state index contributed by atoms with van der Waals surface area (Å²) in [6, 6.07) is 8.16. The average molecular weight is 418 g/mol. The Morgan fingerprint density at radius 1 is 1.45 bits per heavy atom. The van der Waals surface area contributed by atoms with Crippen molar-refractivity contribution in [3.05, 3.63) is 46.0 Å². The highest BCUT2D eigenvalue weighted by Gasteiger charge is 2.60. The van der Waals surface area contributed by atoms with E-state index in [2.05, 4.69) is 17.4 Å². The van der Waals surface area contributed by atoms with Crippen molar-refractivity contribution < 1.29 is 19.8 Å². The summed E-state index contributed by atoms with van der Waals surface area (Å²) < 4.78 is 0. The van der Waals surface area contributed by atoms with Gasteiger partial charge in [-0.05, 0) is 24.5 Å². The zero-order valence-electron chi connectivity index (χ0n) is 16.5. The molecule has 3 aliphatic rings. The third-order valence-corrected chi connectivity index (χ3v) is 7.80. The van der Waals surface area contributed by atoms with Gasteiger partial charge in [-0.15, -0.1) is 11.8 Å². The predicted octanol–water partition coefficient (Wildman–Crippen LogP) is 1.44. The number of nitrogens with one attached hydrogen (secondary N) is 1. The molecule has 1 amide bonds. The number of carbonyl (C=O) groups is 2. The van der Waals surface area contributed by atoms with E-state index in [1.165, 1.54) is 10.5 Å². The Bertz CT molecular complexity index is 871. The number of thioether (sulfide) groups is 1. The third kappa shape index (κ3) is 3.38. The standard InChI is InChI=1S/C21H27N3O4S/c1-10-17-16(11(2)25)20(26)24(17)18(21(27)28)19(10)29-14-7-15(23-9-14)13-5-3-4-12(6-13)8-22/h3-6,10-11,14-17,23,25H,7-9,22H2,1-2H3,(H,27,28)/t10-,11-,14+,15-,16-,17-/m1/s1. The molecule has 0 aromatic heterocycles. The number of hydrogen-bond donors (Lipinski definition) is 4. The number of benzene rings is 1. The molecule has 0 bridgehead atoms. The maximum atomic E-state index is 12.5. The van der Waals surface area contributed by atoms with Gasteiger partial charge in [0.05, 0.1) is 18.1 Å². The minimum atomic E-state index is -1.07.